The highest BCUT2D eigenvalue weighted by Crippen LogP contribution is 2.15. The molecular formula is C18H31N7. The van der Waals surface area contributed by atoms with Gasteiger partial charge in [0.2, 0.25) is 0 Å². The summed E-state index contributed by atoms with van der Waals surface area (Å²) in [6.45, 7) is 9.92. The molecule has 25 heavy (non-hydrogen) atoms. The van der Waals surface area contributed by atoms with E-state index in [4.69, 9.17) is 0 Å². The van der Waals surface area contributed by atoms with Crippen molar-refractivity contribution in [3.05, 3.63) is 34.9 Å². The number of rotatable bonds is 7. The Hall–Kier alpha value is -2.31. The average molecular weight is 345 g/mol. The molecule has 0 aliphatic rings. The second-order valence-electron chi connectivity index (χ2n) is 6.36. The molecule has 7 heteroatoms. The summed E-state index contributed by atoms with van der Waals surface area (Å²) in [7, 11) is 3.80. The Kier molecular flexibility index (Phi) is 6.61. The smallest absolute Gasteiger partial charge is 0.191 e. The van der Waals surface area contributed by atoms with E-state index in [1.54, 1.807) is 7.05 Å². The third kappa shape index (κ3) is 4.61. The molecule has 0 aromatic carbocycles. The molecule has 2 heterocycles. The zero-order chi connectivity index (χ0) is 18.4. The third-order valence-electron chi connectivity index (χ3n) is 4.31. The number of nitrogens with zero attached hydrogens (tertiary/aromatic N) is 5. The molecule has 0 saturated heterocycles. The third-order valence-corrected chi connectivity index (χ3v) is 4.31. The van der Waals surface area contributed by atoms with E-state index >= 15 is 0 Å². The van der Waals surface area contributed by atoms with Crippen LogP contribution in [0, 0.1) is 0 Å². The molecule has 0 radical (unpaired) electrons. The summed E-state index contributed by atoms with van der Waals surface area (Å²) in [6, 6.07) is 2.41. The van der Waals surface area contributed by atoms with Gasteiger partial charge in [-0.1, -0.05) is 13.8 Å². The van der Waals surface area contributed by atoms with Gasteiger partial charge in [0.1, 0.15) is 0 Å². The molecular weight excluding hydrogens is 314 g/mol. The van der Waals surface area contributed by atoms with Crippen LogP contribution in [-0.4, -0.2) is 32.6 Å². The predicted octanol–water partition coefficient (Wildman–Crippen LogP) is 2.19. The monoisotopic (exact) mass is 345 g/mol. The lowest BCUT2D eigenvalue weighted by atomic mass is 10.1. The van der Waals surface area contributed by atoms with E-state index < -0.39 is 0 Å². The van der Waals surface area contributed by atoms with Crippen molar-refractivity contribution < 1.29 is 0 Å². The predicted molar refractivity (Wildman–Crippen MR) is 102 cm³/mol. The highest BCUT2D eigenvalue weighted by molar-refractivity contribution is 5.79. The lowest BCUT2D eigenvalue weighted by molar-refractivity contribution is 0.525. The lowest BCUT2D eigenvalue weighted by Gasteiger charge is -2.12. The van der Waals surface area contributed by atoms with Gasteiger partial charge >= 0.3 is 0 Å². The van der Waals surface area contributed by atoms with E-state index in [0.717, 1.165) is 36.7 Å². The molecule has 0 amide bonds. The fourth-order valence-corrected chi connectivity index (χ4v) is 2.92. The maximum atomic E-state index is 4.62. The second-order valence-corrected chi connectivity index (χ2v) is 6.36. The number of aromatic nitrogens is 4. The summed E-state index contributed by atoms with van der Waals surface area (Å²) in [5.74, 6) is 0.770. The van der Waals surface area contributed by atoms with Gasteiger partial charge in [-0.05, 0) is 32.8 Å². The number of hydrogen-bond donors (Lipinski definition) is 2. The van der Waals surface area contributed by atoms with Crippen LogP contribution in [0.5, 0.6) is 0 Å². The minimum absolute atomic E-state index is 0.372. The van der Waals surface area contributed by atoms with Gasteiger partial charge in [0, 0.05) is 44.1 Å². The highest BCUT2D eigenvalue weighted by Gasteiger charge is 2.14. The molecule has 0 atom stereocenters. The Morgan fingerprint density at radius 3 is 2.44 bits per heavy atom. The molecule has 2 rings (SSSR count). The summed E-state index contributed by atoms with van der Waals surface area (Å²) < 4.78 is 3.95. The zero-order valence-electron chi connectivity index (χ0n) is 16.3. The van der Waals surface area contributed by atoms with Crippen molar-refractivity contribution in [1.82, 2.24) is 30.2 Å². The van der Waals surface area contributed by atoms with E-state index in [9.17, 15) is 0 Å². The van der Waals surface area contributed by atoms with Crippen LogP contribution in [0.4, 0.5) is 0 Å². The molecule has 2 aromatic heterocycles. The fraction of sp³-hybridized carbons (Fsp3) is 0.611. The van der Waals surface area contributed by atoms with Crippen molar-refractivity contribution in [1.29, 1.82) is 0 Å². The number of guanidine groups is 1. The van der Waals surface area contributed by atoms with Crippen LogP contribution >= 0.6 is 0 Å². The molecule has 0 aliphatic heterocycles. The van der Waals surface area contributed by atoms with Gasteiger partial charge in [-0.25, -0.2) is 0 Å². The van der Waals surface area contributed by atoms with Crippen molar-refractivity contribution >= 4 is 5.96 Å². The van der Waals surface area contributed by atoms with Crippen molar-refractivity contribution in [3.8, 4) is 0 Å². The summed E-state index contributed by atoms with van der Waals surface area (Å²) in [6.07, 6.45) is 3.91. The number of aryl methyl sites for hydroxylation is 2. The van der Waals surface area contributed by atoms with Crippen LogP contribution in [0.25, 0.3) is 0 Å². The molecule has 2 N–H and O–H groups in total. The van der Waals surface area contributed by atoms with Crippen LogP contribution in [0.2, 0.25) is 0 Å². The molecule has 0 bridgehead atoms. The normalized spacial score (nSPS) is 12.0. The van der Waals surface area contributed by atoms with Gasteiger partial charge in [-0.15, -0.1) is 0 Å². The van der Waals surface area contributed by atoms with E-state index in [0.29, 0.717) is 12.6 Å². The maximum absolute atomic E-state index is 4.62. The van der Waals surface area contributed by atoms with Gasteiger partial charge in [0.15, 0.2) is 5.96 Å². The summed E-state index contributed by atoms with van der Waals surface area (Å²) in [5.41, 5.74) is 4.70. The molecule has 0 spiro atoms. The molecule has 138 valence electrons. The topological polar surface area (TPSA) is 72.1 Å². The van der Waals surface area contributed by atoms with E-state index in [2.05, 4.69) is 53.5 Å². The summed E-state index contributed by atoms with van der Waals surface area (Å²) in [5, 5.41) is 15.9. The van der Waals surface area contributed by atoms with Gasteiger partial charge < -0.3 is 10.6 Å². The molecule has 0 aliphatic carbocycles. The van der Waals surface area contributed by atoms with Crippen LogP contribution in [-0.2, 0) is 33.0 Å². The van der Waals surface area contributed by atoms with E-state index in [-0.39, 0.29) is 0 Å². The number of hydrogen-bond acceptors (Lipinski definition) is 3. The van der Waals surface area contributed by atoms with Gasteiger partial charge in [0.25, 0.3) is 0 Å². The van der Waals surface area contributed by atoms with Crippen molar-refractivity contribution in [2.75, 3.05) is 7.05 Å². The van der Waals surface area contributed by atoms with Gasteiger partial charge in [0.05, 0.1) is 17.9 Å². The zero-order valence-corrected chi connectivity index (χ0v) is 16.3. The quantitative estimate of drug-likeness (QED) is 0.596. The standard InChI is InChI=1S/C18H31N7/c1-7-16-15(17(8-2)24(6)23-16)12-21-18(19-5)20-11-14-9-10-25(22-14)13(3)4/h9-10,13H,7-8,11-12H2,1-6H3,(H2,19,20,21). The molecule has 7 nitrogen and oxygen atoms in total. The Morgan fingerprint density at radius 2 is 1.88 bits per heavy atom. The van der Waals surface area contributed by atoms with Crippen LogP contribution in [0.3, 0.4) is 0 Å². The second kappa shape index (κ2) is 8.69. The molecule has 0 saturated carbocycles. The van der Waals surface area contributed by atoms with Crippen molar-refractivity contribution in [2.45, 2.75) is 59.7 Å². The van der Waals surface area contributed by atoms with Crippen molar-refractivity contribution in [2.24, 2.45) is 12.0 Å². The van der Waals surface area contributed by atoms with Gasteiger partial charge in [-0.3, -0.25) is 14.4 Å². The molecule has 0 fully saturated rings. The largest absolute Gasteiger partial charge is 0.352 e. The minimum Gasteiger partial charge on any atom is -0.352 e. The van der Waals surface area contributed by atoms with E-state index in [1.165, 1.54) is 11.3 Å². The first kappa shape index (κ1) is 19.0. The van der Waals surface area contributed by atoms with Crippen LogP contribution in [0.1, 0.15) is 56.4 Å². The maximum Gasteiger partial charge on any atom is 0.191 e. The van der Waals surface area contributed by atoms with Crippen LogP contribution < -0.4 is 10.6 Å². The Bertz CT molecular complexity index is 709. The van der Waals surface area contributed by atoms with Crippen molar-refractivity contribution in [3.63, 3.8) is 0 Å². The first-order chi connectivity index (χ1) is 12.0. The minimum atomic E-state index is 0.372. The Labute approximate surface area is 150 Å². The Morgan fingerprint density at radius 1 is 1.16 bits per heavy atom. The average Bonchev–Trinajstić information content (AvgIpc) is 3.19. The number of nitrogens with one attached hydrogen (secondary N) is 2. The first-order valence-corrected chi connectivity index (χ1v) is 9.02. The lowest BCUT2D eigenvalue weighted by Crippen LogP contribution is -2.36. The van der Waals surface area contributed by atoms with E-state index in [1.807, 2.05) is 28.7 Å². The van der Waals surface area contributed by atoms with Gasteiger partial charge in [-0.2, -0.15) is 10.2 Å². The van der Waals surface area contributed by atoms with Crippen LogP contribution in [0.15, 0.2) is 17.3 Å². The Balaban J connectivity index is 1.96. The number of aliphatic imine (C=N–C) groups is 1. The molecule has 0 unspecified atom stereocenters. The summed E-state index contributed by atoms with van der Waals surface area (Å²) in [4.78, 5) is 4.31. The fourth-order valence-electron chi connectivity index (χ4n) is 2.92. The highest BCUT2D eigenvalue weighted by atomic mass is 15.3. The SMILES string of the molecule is CCc1nn(C)c(CC)c1CNC(=NC)NCc1ccn(C(C)C)n1. The first-order valence-electron chi connectivity index (χ1n) is 9.02. The summed E-state index contributed by atoms with van der Waals surface area (Å²) >= 11 is 0. The molecule has 2 aromatic rings.